The van der Waals surface area contributed by atoms with Crippen molar-refractivity contribution in [2.45, 2.75) is 25.2 Å². The summed E-state index contributed by atoms with van der Waals surface area (Å²) in [7, 11) is 1.72. The number of hydrogen-bond acceptors (Lipinski definition) is 2. The Hall–Kier alpha value is -1.02. The summed E-state index contributed by atoms with van der Waals surface area (Å²) in [5.74, 6) is 1.65. The van der Waals surface area contributed by atoms with E-state index in [1.165, 1.54) is 24.0 Å². The summed E-state index contributed by atoms with van der Waals surface area (Å²) in [6, 6.07) is 6.40. The number of methoxy groups -OCH3 is 1. The van der Waals surface area contributed by atoms with Gasteiger partial charge in [0, 0.05) is 0 Å². The molecule has 1 aromatic rings. The van der Waals surface area contributed by atoms with Crippen LogP contribution in [0.2, 0.25) is 0 Å². The van der Waals surface area contributed by atoms with Crippen LogP contribution in [-0.4, -0.2) is 13.7 Å². The molecule has 1 aromatic carbocycles. The minimum atomic E-state index is 0.681. The van der Waals surface area contributed by atoms with E-state index in [-0.39, 0.29) is 0 Å². The van der Waals surface area contributed by atoms with Crippen LogP contribution in [0.3, 0.4) is 0 Å². The average Bonchev–Trinajstić information content (AvgIpc) is 2.61. The monoisotopic (exact) mass is 191 g/mol. The molecule has 0 bridgehead atoms. The highest BCUT2D eigenvalue weighted by molar-refractivity contribution is 5.40. The maximum atomic E-state index is 5.60. The van der Waals surface area contributed by atoms with Crippen LogP contribution in [0.5, 0.6) is 5.75 Å². The Morgan fingerprint density at radius 3 is 3.07 bits per heavy atom. The number of rotatable bonds is 3. The Morgan fingerprint density at radius 1 is 1.50 bits per heavy atom. The number of ether oxygens (including phenoxy) is 1. The molecule has 0 amide bonds. The first-order valence-corrected chi connectivity index (χ1v) is 5.22. The van der Waals surface area contributed by atoms with Crippen molar-refractivity contribution in [1.82, 2.24) is 0 Å². The number of nitrogens with two attached hydrogens (primary N) is 1. The van der Waals surface area contributed by atoms with Gasteiger partial charge < -0.3 is 10.5 Å². The fourth-order valence-electron chi connectivity index (χ4n) is 2.31. The van der Waals surface area contributed by atoms with Gasteiger partial charge in [0.25, 0.3) is 0 Å². The summed E-state index contributed by atoms with van der Waals surface area (Å²) in [5.41, 5.74) is 8.53. The third-order valence-electron chi connectivity index (χ3n) is 3.07. The molecule has 0 aliphatic heterocycles. The summed E-state index contributed by atoms with van der Waals surface area (Å²) in [5, 5.41) is 0. The van der Waals surface area contributed by atoms with Crippen LogP contribution in [-0.2, 0) is 6.42 Å². The molecule has 2 nitrogen and oxygen atoms in total. The first-order valence-electron chi connectivity index (χ1n) is 5.22. The van der Waals surface area contributed by atoms with Gasteiger partial charge in [-0.3, -0.25) is 0 Å². The molecule has 1 unspecified atom stereocenters. The van der Waals surface area contributed by atoms with Gasteiger partial charge in [-0.05, 0) is 55.0 Å². The molecule has 76 valence electrons. The molecule has 0 radical (unpaired) electrons. The van der Waals surface area contributed by atoms with Gasteiger partial charge in [-0.1, -0.05) is 6.07 Å². The van der Waals surface area contributed by atoms with E-state index in [9.17, 15) is 0 Å². The second-order valence-corrected chi connectivity index (χ2v) is 3.88. The second-order valence-electron chi connectivity index (χ2n) is 3.88. The summed E-state index contributed by atoms with van der Waals surface area (Å²) in [6.07, 6.45) is 3.54. The number of benzene rings is 1. The Bertz CT molecular complexity index is 322. The van der Waals surface area contributed by atoms with Gasteiger partial charge in [0.2, 0.25) is 0 Å². The van der Waals surface area contributed by atoms with Crippen LogP contribution < -0.4 is 10.5 Å². The van der Waals surface area contributed by atoms with Crippen molar-refractivity contribution in [2.75, 3.05) is 13.7 Å². The molecule has 1 atom stereocenters. The molecule has 2 N–H and O–H groups in total. The van der Waals surface area contributed by atoms with E-state index in [2.05, 4.69) is 12.1 Å². The molecule has 1 aliphatic rings. The molecule has 0 heterocycles. The third kappa shape index (κ3) is 1.62. The number of hydrogen-bond donors (Lipinski definition) is 1. The zero-order valence-electron chi connectivity index (χ0n) is 8.62. The molecular weight excluding hydrogens is 174 g/mol. The largest absolute Gasteiger partial charge is 0.497 e. The quantitative estimate of drug-likeness (QED) is 0.793. The normalized spacial score (nSPS) is 19.4. The molecule has 0 saturated carbocycles. The van der Waals surface area contributed by atoms with E-state index < -0.39 is 0 Å². The van der Waals surface area contributed by atoms with Crippen molar-refractivity contribution in [3.63, 3.8) is 0 Å². The highest BCUT2D eigenvalue weighted by Gasteiger charge is 2.21. The van der Waals surface area contributed by atoms with Gasteiger partial charge in [0.05, 0.1) is 7.11 Å². The fourth-order valence-corrected chi connectivity index (χ4v) is 2.31. The Labute approximate surface area is 85.1 Å². The first-order chi connectivity index (χ1) is 6.85. The highest BCUT2D eigenvalue weighted by atomic mass is 16.5. The Kier molecular flexibility index (Phi) is 2.73. The van der Waals surface area contributed by atoms with Gasteiger partial charge in [-0.25, -0.2) is 0 Å². The lowest BCUT2D eigenvalue weighted by molar-refractivity contribution is 0.414. The maximum Gasteiger partial charge on any atom is 0.119 e. The van der Waals surface area contributed by atoms with Crippen molar-refractivity contribution in [1.29, 1.82) is 0 Å². The van der Waals surface area contributed by atoms with Gasteiger partial charge in [-0.15, -0.1) is 0 Å². The van der Waals surface area contributed by atoms with Crippen molar-refractivity contribution in [3.8, 4) is 5.75 Å². The predicted octanol–water partition coefficient (Wildman–Crippen LogP) is 2.07. The second kappa shape index (κ2) is 4.01. The summed E-state index contributed by atoms with van der Waals surface area (Å²) < 4.78 is 5.21. The van der Waals surface area contributed by atoms with Crippen molar-refractivity contribution in [3.05, 3.63) is 29.3 Å². The van der Waals surface area contributed by atoms with Gasteiger partial charge in [0.15, 0.2) is 0 Å². The molecule has 14 heavy (non-hydrogen) atoms. The van der Waals surface area contributed by atoms with E-state index in [0.29, 0.717) is 5.92 Å². The van der Waals surface area contributed by atoms with Crippen LogP contribution in [0.15, 0.2) is 18.2 Å². The number of fused-ring (bicyclic) bond motifs is 1. The summed E-state index contributed by atoms with van der Waals surface area (Å²) in [4.78, 5) is 0. The van der Waals surface area contributed by atoms with Crippen molar-refractivity contribution >= 4 is 0 Å². The van der Waals surface area contributed by atoms with Crippen molar-refractivity contribution in [2.24, 2.45) is 5.73 Å². The van der Waals surface area contributed by atoms with E-state index in [0.717, 1.165) is 18.7 Å². The molecule has 2 rings (SSSR count). The lowest BCUT2D eigenvalue weighted by Gasteiger charge is -2.10. The molecule has 1 aliphatic carbocycles. The van der Waals surface area contributed by atoms with E-state index in [1.807, 2.05) is 6.07 Å². The highest BCUT2D eigenvalue weighted by Crippen LogP contribution is 2.36. The van der Waals surface area contributed by atoms with Gasteiger partial charge >= 0.3 is 0 Å². The fraction of sp³-hybridized carbons (Fsp3) is 0.500. The lowest BCUT2D eigenvalue weighted by Crippen LogP contribution is -2.04. The van der Waals surface area contributed by atoms with Crippen LogP contribution in [0.25, 0.3) is 0 Å². The zero-order valence-corrected chi connectivity index (χ0v) is 8.62. The molecule has 0 aromatic heterocycles. The minimum absolute atomic E-state index is 0.681. The number of aryl methyl sites for hydroxylation is 1. The van der Waals surface area contributed by atoms with Crippen LogP contribution in [0.4, 0.5) is 0 Å². The van der Waals surface area contributed by atoms with Crippen molar-refractivity contribution < 1.29 is 4.74 Å². The van der Waals surface area contributed by atoms with Gasteiger partial charge in [-0.2, -0.15) is 0 Å². The first kappa shape index (κ1) is 9.53. The topological polar surface area (TPSA) is 35.2 Å². The summed E-state index contributed by atoms with van der Waals surface area (Å²) >= 11 is 0. The minimum Gasteiger partial charge on any atom is -0.497 e. The predicted molar refractivity (Wildman–Crippen MR) is 57.7 cm³/mol. The summed E-state index contributed by atoms with van der Waals surface area (Å²) in [6.45, 7) is 0.788. The molecule has 0 saturated heterocycles. The maximum absolute atomic E-state index is 5.60. The van der Waals surface area contributed by atoms with Gasteiger partial charge in [0.1, 0.15) is 5.75 Å². The van der Waals surface area contributed by atoms with E-state index in [1.54, 1.807) is 7.11 Å². The third-order valence-corrected chi connectivity index (χ3v) is 3.07. The average molecular weight is 191 g/mol. The standard InChI is InChI=1S/C12H17NO/c1-14-11-4-5-12-9(6-7-13)2-3-10(12)8-11/h4-5,8-9H,2-3,6-7,13H2,1H3. The van der Waals surface area contributed by atoms with E-state index >= 15 is 0 Å². The van der Waals surface area contributed by atoms with Crippen LogP contribution in [0.1, 0.15) is 29.9 Å². The molecule has 0 fully saturated rings. The van der Waals surface area contributed by atoms with Crippen LogP contribution in [0, 0.1) is 0 Å². The SMILES string of the molecule is COc1ccc2c(c1)CCC2CCN. The molecule has 2 heteroatoms. The van der Waals surface area contributed by atoms with E-state index in [4.69, 9.17) is 10.5 Å². The lowest BCUT2D eigenvalue weighted by atomic mass is 9.98. The van der Waals surface area contributed by atoms with Crippen LogP contribution >= 0.6 is 0 Å². The zero-order chi connectivity index (χ0) is 9.97. The Morgan fingerprint density at radius 2 is 2.36 bits per heavy atom. The Balaban J connectivity index is 2.24. The molecule has 0 spiro atoms. The molecular formula is C12H17NO. The smallest absolute Gasteiger partial charge is 0.119 e.